The zero-order valence-corrected chi connectivity index (χ0v) is 60.2. The van der Waals surface area contributed by atoms with Crippen LogP contribution in [0.25, 0.3) is 50.8 Å². The Labute approximate surface area is 591 Å². The van der Waals surface area contributed by atoms with Crippen LogP contribution >= 0.6 is 58.0 Å². The molecule has 9 rings (SSSR count). The number of hydrogen-bond acceptors (Lipinski definition) is 18. The van der Waals surface area contributed by atoms with E-state index in [-0.39, 0.29) is 126 Å². The molecule has 1 unspecified atom stereocenters. The predicted octanol–water partition coefficient (Wildman–Crippen LogP) is -2.75. The van der Waals surface area contributed by atoms with Crippen molar-refractivity contribution in [1.82, 2.24) is 42.1 Å². The monoisotopic (exact) mass is 1450 g/mol. The molecular formula is C48H39Cl3F3N9Na3O18P3S3. The number of hydrogen-bond donors (Lipinski definition) is 6. The topological polar surface area (TPSA) is 401 Å². The third kappa shape index (κ3) is 20.1. The molecule has 0 saturated heterocycles. The van der Waals surface area contributed by atoms with Crippen molar-refractivity contribution in [3.05, 3.63) is 179 Å². The van der Waals surface area contributed by atoms with Crippen molar-refractivity contribution in [2.45, 2.75) is 14.7 Å². The Morgan fingerprint density at radius 2 is 0.700 bits per heavy atom. The van der Waals surface area contributed by atoms with Crippen LogP contribution < -0.4 is 131 Å². The molecule has 3 heterocycles. The third-order valence-electron chi connectivity index (χ3n) is 11.4. The van der Waals surface area contributed by atoms with Gasteiger partial charge in [0, 0.05) is 41.5 Å². The van der Waals surface area contributed by atoms with Gasteiger partial charge in [0.1, 0.15) is 19.0 Å². The van der Waals surface area contributed by atoms with Crippen LogP contribution in [0.5, 0.6) is 17.2 Å². The summed E-state index contributed by atoms with van der Waals surface area (Å²) in [6.07, 6.45) is 4.09. The fourth-order valence-electron chi connectivity index (χ4n) is 7.75. The second-order valence-electron chi connectivity index (χ2n) is 17.1. The molecule has 0 saturated carbocycles. The van der Waals surface area contributed by atoms with Gasteiger partial charge in [0.15, 0.2) is 50.2 Å². The van der Waals surface area contributed by atoms with Gasteiger partial charge in [0.2, 0.25) is 37.8 Å². The van der Waals surface area contributed by atoms with E-state index in [1.54, 1.807) is 18.2 Å². The van der Waals surface area contributed by atoms with Crippen molar-refractivity contribution in [2.24, 2.45) is 0 Å². The first-order valence-electron chi connectivity index (χ1n) is 23.3. The van der Waals surface area contributed by atoms with Crippen LogP contribution in [0, 0.1) is 17.5 Å². The Balaban J connectivity index is 0.000000284. The van der Waals surface area contributed by atoms with Crippen LogP contribution in [0.15, 0.2) is 161 Å². The first-order valence-corrected chi connectivity index (χ1v) is 33.6. The van der Waals surface area contributed by atoms with Gasteiger partial charge >= 0.3 is 96.4 Å². The molecule has 0 amide bonds. The first-order chi connectivity index (χ1) is 40.5. The van der Waals surface area contributed by atoms with Crippen LogP contribution in [0.1, 0.15) is 0 Å². The van der Waals surface area contributed by atoms with Gasteiger partial charge in [0.05, 0.1) is 53.1 Å². The second kappa shape index (κ2) is 32.1. The maximum atomic E-state index is 14.1. The number of nitrogens with zero attached hydrogens (tertiary/aromatic N) is 6. The number of rotatable bonds is 18. The standard InChI is InChI=1S/3C16H14ClFN3O6PS.3Na/c3*1-27-14-7-2-10(8-13(14)18)15-16(17)19-9-21(15)11-3-5-12(6-4-11)29(25,26)20-28(22,23)24;;;/h3*2-9H,1H3,(H3,20,22,23,24);;;/q;;;3*+1/p-3. The molecule has 0 aliphatic carbocycles. The normalized spacial score (nSPS) is 12.3. The van der Waals surface area contributed by atoms with E-state index in [2.05, 4.69) is 15.0 Å². The zero-order chi connectivity index (χ0) is 64.2. The Bertz CT molecular complexity index is 4100. The number of halogens is 6. The van der Waals surface area contributed by atoms with E-state index in [9.17, 15) is 66.8 Å². The minimum atomic E-state index is -5.50. The van der Waals surface area contributed by atoms with Gasteiger partial charge in [-0.2, -0.15) is 4.49 Å². The zero-order valence-electron chi connectivity index (χ0n) is 46.8. The Morgan fingerprint density at radius 1 is 0.444 bits per heavy atom. The number of nitrogens with one attached hydrogen (secondary N) is 3. The van der Waals surface area contributed by atoms with Crippen LogP contribution in [0.4, 0.5) is 13.2 Å². The summed E-state index contributed by atoms with van der Waals surface area (Å²) in [5, 5.41) is 0.251. The van der Waals surface area contributed by atoms with Crippen LogP contribution in [0.2, 0.25) is 15.5 Å². The van der Waals surface area contributed by atoms with E-state index in [4.69, 9.17) is 63.7 Å². The minimum absolute atomic E-state index is 0. The smallest absolute Gasteiger partial charge is 0.799 e. The molecule has 1 atom stereocenters. The van der Waals surface area contributed by atoms with Crippen molar-refractivity contribution >= 4 is 88.1 Å². The Hall–Kier alpha value is -3.81. The molecule has 90 heavy (non-hydrogen) atoms. The molecule has 9 aromatic rings. The summed E-state index contributed by atoms with van der Waals surface area (Å²) >= 11 is 18.4. The first kappa shape index (κ1) is 78.6. The summed E-state index contributed by atoms with van der Waals surface area (Å²) in [5.41, 5.74) is 3.51. The summed E-state index contributed by atoms with van der Waals surface area (Å²) in [6, 6.07) is 27.6. The molecule has 42 heteroatoms. The maximum absolute atomic E-state index is 14.1. The second-order valence-corrected chi connectivity index (χ2v) is 28.0. The molecule has 6 N–H and O–H groups in total. The van der Waals surface area contributed by atoms with Gasteiger partial charge in [-0.05, 0) is 127 Å². The molecule has 462 valence electrons. The fourth-order valence-corrected chi connectivity index (χ4v) is 14.9. The molecule has 0 bridgehead atoms. The Kier molecular flexibility index (Phi) is 28.0. The van der Waals surface area contributed by atoms with Crippen molar-refractivity contribution in [3.63, 3.8) is 0 Å². The summed E-state index contributed by atoms with van der Waals surface area (Å²) in [5.74, 6) is -1.65. The number of imidazole rings is 3. The van der Waals surface area contributed by atoms with E-state index in [1.165, 1.54) is 131 Å². The average Bonchev–Trinajstić information content (AvgIpc) is 1.60. The number of sulfonamides is 3. The SMILES string of the molecule is COc1ccc(-c2c(Cl)ncn2-c2ccc(S(=O)(=O)NP(=O)(O)O)cc2)cc1F.COc1ccc(-c2c(Cl)ncn2-c2ccc(S(=O)(=O)NP(=O)([O-])O)cc2)cc1F.COc1ccc(-c2c(Cl)ncn2-c2ccc(S(=O)(=O)NP(=O)([O-])[O-])cc2)cc1F.[Na+].[Na+].[Na+]. The van der Waals surface area contributed by atoms with Gasteiger partial charge in [-0.3, -0.25) is 18.3 Å². The number of methoxy groups -OCH3 is 3. The number of benzene rings is 6. The molecule has 0 spiro atoms. The van der Waals surface area contributed by atoms with Gasteiger partial charge in [-0.15, -0.1) is 8.99 Å². The molecule has 0 radical (unpaired) electrons. The van der Waals surface area contributed by atoms with Gasteiger partial charge in [-0.1, -0.05) is 34.8 Å². The van der Waals surface area contributed by atoms with E-state index in [1.807, 2.05) is 0 Å². The third-order valence-corrected chi connectivity index (χ3v) is 20.6. The van der Waals surface area contributed by atoms with E-state index >= 15 is 0 Å². The molecular weight excluding hydrogens is 1410 g/mol. The fraction of sp³-hybridized carbons (Fsp3) is 0.0625. The molecule has 0 aliphatic heterocycles. The van der Waals surface area contributed by atoms with Crippen molar-refractivity contribution in [3.8, 4) is 68.1 Å². The molecule has 0 fully saturated rings. The molecule has 0 aliphatic rings. The average molecular weight is 1450 g/mol. The summed E-state index contributed by atoms with van der Waals surface area (Å²) in [7, 11) is -25.2. The van der Waals surface area contributed by atoms with Gasteiger partial charge in [0.25, 0.3) is 0 Å². The van der Waals surface area contributed by atoms with Crippen LogP contribution in [-0.4, -0.2) is 89.9 Å². The van der Waals surface area contributed by atoms with Crippen molar-refractivity contribution < 1.29 is 184 Å². The van der Waals surface area contributed by atoms with E-state index < -0.39 is 80.6 Å². The van der Waals surface area contributed by atoms with Crippen molar-refractivity contribution in [1.29, 1.82) is 0 Å². The van der Waals surface area contributed by atoms with E-state index in [0.29, 0.717) is 50.8 Å². The summed E-state index contributed by atoms with van der Waals surface area (Å²) in [4.78, 5) is 69.4. The Morgan fingerprint density at radius 3 is 0.922 bits per heavy atom. The number of ether oxygens (including phenoxy) is 3. The predicted molar refractivity (Wildman–Crippen MR) is 302 cm³/mol. The van der Waals surface area contributed by atoms with Gasteiger partial charge < -0.3 is 48.1 Å². The quantitative estimate of drug-likeness (QED) is 0.0375. The summed E-state index contributed by atoms with van der Waals surface area (Å²) < 4.78 is 169. The molecule has 27 nitrogen and oxygen atoms in total. The van der Waals surface area contributed by atoms with Crippen molar-refractivity contribution in [2.75, 3.05) is 21.3 Å². The minimum Gasteiger partial charge on any atom is -0.799 e. The number of aromatic nitrogens is 6. The van der Waals surface area contributed by atoms with Gasteiger partial charge in [-0.25, -0.2) is 57.9 Å². The molecule has 6 aromatic carbocycles. The maximum Gasteiger partial charge on any atom is 1.00 e. The molecule has 3 aromatic heterocycles. The van der Waals surface area contributed by atoms with E-state index in [0.717, 1.165) is 45.4 Å². The van der Waals surface area contributed by atoms with Crippen LogP contribution in [-0.2, 0) is 43.8 Å². The summed E-state index contributed by atoms with van der Waals surface area (Å²) in [6.45, 7) is 0. The largest absolute Gasteiger partial charge is 1.00 e. The van der Waals surface area contributed by atoms with Crippen LogP contribution in [0.3, 0.4) is 0 Å².